The third kappa shape index (κ3) is 3.31. The zero-order valence-electron chi connectivity index (χ0n) is 9.89. The lowest BCUT2D eigenvalue weighted by atomic mass is 10.1. The Hall–Kier alpha value is -1.42. The van der Waals surface area contributed by atoms with E-state index in [9.17, 15) is 4.79 Å². The van der Waals surface area contributed by atoms with E-state index in [1.807, 2.05) is 12.1 Å². The van der Waals surface area contributed by atoms with Crippen LogP contribution in [0.5, 0.6) is 0 Å². The summed E-state index contributed by atoms with van der Waals surface area (Å²) in [6.45, 7) is 2.84. The molecular formula is C12H19N3O. The highest BCUT2D eigenvalue weighted by atomic mass is 16.2. The monoisotopic (exact) mass is 221 g/mol. The molecule has 0 fully saturated rings. The molecule has 0 aliphatic carbocycles. The highest BCUT2D eigenvalue weighted by molar-refractivity contribution is 5.82. The smallest absolute Gasteiger partial charge is 0.245 e. The summed E-state index contributed by atoms with van der Waals surface area (Å²) in [7, 11) is 1.78. The highest BCUT2D eigenvalue weighted by Crippen LogP contribution is 2.09. The standard InChI is InChI=1S/C12H19N3O/c1-3-4-9-15(2)12(16)11(13)10-7-5-6-8-14-10/h5-8,11H,3-4,9,13H2,1-2H3. The molecule has 0 aliphatic heterocycles. The van der Waals surface area contributed by atoms with Crippen LogP contribution >= 0.6 is 0 Å². The van der Waals surface area contributed by atoms with E-state index in [1.54, 1.807) is 24.2 Å². The van der Waals surface area contributed by atoms with Gasteiger partial charge in [0, 0.05) is 19.8 Å². The van der Waals surface area contributed by atoms with E-state index in [0.717, 1.165) is 19.4 Å². The van der Waals surface area contributed by atoms with Gasteiger partial charge in [-0.2, -0.15) is 0 Å². The summed E-state index contributed by atoms with van der Waals surface area (Å²) in [5.41, 5.74) is 6.48. The summed E-state index contributed by atoms with van der Waals surface area (Å²) in [6.07, 6.45) is 3.71. The van der Waals surface area contributed by atoms with Crippen molar-refractivity contribution in [2.75, 3.05) is 13.6 Å². The molecule has 0 saturated heterocycles. The summed E-state index contributed by atoms with van der Waals surface area (Å²) < 4.78 is 0. The van der Waals surface area contributed by atoms with Gasteiger partial charge in [0.25, 0.3) is 0 Å². The van der Waals surface area contributed by atoms with Gasteiger partial charge in [-0.05, 0) is 18.6 Å². The number of pyridine rings is 1. The summed E-state index contributed by atoms with van der Waals surface area (Å²) in [5, 5.41) is 0. The Kier molecular flexibility index (Phi) is 4.92. The number of rotatable bonds is 5. The third-order valence-electron chi connectivity index (χ3n) is 2.50. The van der Waals surface area contributed by atoms with Crippen LogP contribution in [0.3, 0.4) is 0 Å². The van der Waals surface area contributed by atoms with Gasteiger partial charge in [0.1, 0.15) is 6.04 Å². The Labute approximate surface area is 96.5 Å². The Morgan fingerprint density at radius 1 is 1.56 bits per heavy atom. The quantitative estimate of drug-likeness (QED) is 0.816. The second kappa shape index (κ2) is 6.23. The van der Waals surface area contributed by atoms with Gasteiger partial charge < -0.3 is 10.6 Å². The molecular weight excluding hydrogens is 202 g/mol. The lowest BCUT2D eigenvalue weighted by Gasteiger charge is -2.20. The van der Waals surface area contributed by atoms with Gasteiger partial charge in [0.2, 0.25) is 5.91 Å². The van der Waals surface area contributed by atoms with E-state index in [2.05, 4.69) is 11.9 Å². The first-order valence-electron chi connectivity index (χ1n) is 5.58. The molecule has 1 rings (SSSR count). The highest BCUT2D eigenvalue weighted by Gasteiger charge is 2.19. The molecule has 2 N–H and O–H groups in total. The van der Waals surface area contributed by atoms with Crippen molar-refractivity contribution in [3.8, 4) is 0 Å². The second-order valence-electron chi connectivity index (χ2n) is 3.85. The predicted molar refractivity (Wildman–Crippen MR) is 63.7 cm³/mol. The number of amides is 1. The molecule has 0 aromatic carbocycles. The Balaban J connectivity index is 2.60. The lowest BCUT2D eigenvalue weighted by Crippen LogP contribution is -2.36. The van der Waals surface area contributed by atoms with Gasteiger partial charge in [-0.15, -0.1) is 0 Å². The topological polar surface area (TPSA) is 59.2 Å². The first-order chi connectivity index (χ1) is 7.66. The zero-order valence-corrected chi connectivity index (χ0v) is 9.89. The fraction of sp³-hybridized carbons (Fsp3) is 0.500. The van der Waals surface area contributed by atoms with Crippen LogP contribution in [0.25, 0.3) is 0 Å². The number of unbranched alkanes of at least 4 members (excludes halogenated alkanes) is 1. The van der Waals surface area contributed by atoms with E-state index >= 15 is 0 Å². The van der Waals surface area contributed by atoms with Crippen molar-refractivity contribution in [1.29, 1.82) is 0 Å². The van der Waals surface area contributed by atoms with Crippen LogP contribution in [0.2, 0.25) is 0 Å². The second-order valence-corrected chi connectivity index (χ2v) is 3.85. The molecule has 1 amide bonds. The Bertz CT molecular complexity index is 326. The van der Waals surface area contributed by atoms with Crippen molar-refractivity contribution in [2.24, 2.45) is 5.73 Å². The number of hydrogen-bond donors (Lipinski definition) is 1. The lowest BCUT2D eigenvalue weighted by molar-refractivity contribution is -0.131. The maximum atomic E-state index is 11.9. The van der Waals surface area contributed by atoms with E-state index in [4.69, 9.17) is 5.73 Å². The van der Waals surface area contributed by atoms with Crippen LogP contribution in [-0.2, 0) is 4.79 Å². The summed E-state index contributed by atoms with van der Waals surface area (Å²) in [6, 6.07) is 4.77. The molecule has 4 heteroatoms. The van der Waals surface area contributed by atoms with E-state index < -0.39 is 6.04 Å². The molecule has 1 heterocycles. The minimum atomic E-state index is -0.650. The van der Waals surface area contributed by atoms with Gasteiger partial charge in [-0.1, -0.05) is 19.4 Å². The molecule has 4 nitrogen and oxygen atoms in total. The molecule has 1 unspecified atom stereocenters. The molecule has 0 saturated carbocycles. The number of nitrogens with two attached hydrogens (primary N) is 1. The summed E-state index contributed by atoms with van der Waals surface area (Å²) >= 11 is 0. The number of likely N-dealkylation sites (N-methyl/N-ethyl adjacent to an activating group) is 1. The predicted octanol–water partition coefficient (Wildman–Crippen LogP) is 1.34. The fourth-order valence-corrected chi connectivity index (χ4v) is 1.43. The van der Waals surface area contributed by atoms with Gasteiger partial charge >= 0.3 is 0 Å². The minimum Gasteiger partial charge on any atom is -0.344 e. The van der Waals surface area contributed by atoms with Crippen molar-refractivity contribution >= 4 is 5.91 Å². The molecule has 0 radical (unpaired) electrons. The van der Waals surface area contributed by atoms with Crippen LogP contribution in [0.15, 0.2) is 24.4 Å². The molecule has 0 spiro atoms. The molecule has 16 heavy (non-hydrogen) atoms. The van der Waals surface area contributed by atoms with Gasteiger partial charge in [-0.25, -0.2) is 0 Å². The maximum Gasteiger partial charge on any atom is 0.245 e. The minimum absolute atomic E-state index is 0.0767. The number of nitrogens with zero attached hydrogens (tertiary/aromatic N) is 2. The van der Waals surface area contributed by atoms with Crippen molar-refractivity contribution in [3.05, 3.63) is 30.1 Å². The Morgan fingerprint density at radius 2 is 2.31 bits per heavy atom. The van der Waals surface area contributed by atoms with Crippen molar-refractivity contribution in [2.45, 2.75) is 25.8 Å². The van der Waals surface area contributed by atoms with E-state index in [-0.39, 0.29) is 5.91 Å². The van der Waals surface area contributed by atoms with Crippen LogP contribution < -0.4 is 5.73 Å². The summed E-state index contributed by atoms with van der Waals surface area (Å²) in [4.78, 5) is 17.7. The molecule has 0 aliphatic rings. The van der Waals surface area contributed by atoms with Crippen molar-refractivity contribution in [3.63, 3.8) is 0 Å². The normalized spacial score (nSPS) is 12.2. The zero-order chi connectivity index (χ0) is 12.0. The molecule has 1 atom stereocenters. The Morgan fingerprint density at radius 3 is 2.88 bits per heavy atom. The fourth-order valence-electron chi connectivity index (χ4n) is 1.43. The molecule has 1 aromatic rings. The van der Waals surface area contributed by atoms with Crippen LogP contribution in [0.4, 0.5) is 0 Å². The number of hydrogen-bond acceptors (Lipinski definition) is 3. The molecule has 0 bridgehead atoms. The number of aromatic nitrogens is 1. The van der Waals surface area contributed by atoms with E-state index in [0.29, 0.717) is 5.69 Å². The van der Waals surface area contributed by atoms with Crippen LogP contribution in [0, 0.1) is 0 Å². The molecule has 1 aromatic heterocycles. The van der Waals surface area contributed by atoms with Gasteiger partial charge in [0.15, 0.2) is 0 Å². The third-order valence-corrected chi connectivity index (χ3v) is 2.50. The van der Waals surface area contributed by atoms with Crippen LogP contribution in [-0.4, -0.2) is 29.4 Å². The average molecular weight is 221 g/mol. The SMILES string of the molecule is CCCCN(C)C(=O)C(N)c1ccccn1. The number of carbonyl (C=O) groups is 1. The first-order valence-corrected chi connectivity index (χ1v) is 5.58. The average Bonchev–Trinajstić information content (AvgIpc) is 2.35. The molecule has 88 valence electrons. The van der Waals surface area contributed by atoms with Gasteiger partial charge in [0.05, 0.1) is 5.69 Å². The van der Waals surface area contributed by atoms with Gasteiger partial charge in [-0.3, -0.25) is 9.78 Å². The van der Waals surface area contributed by atoms with Crippen LogP contribution in [0.1, 0.15) is 31.5 Å². The maximum absolute atomic E-state index is 11.9. The van der Waals surface area contributed by atoms with E-state index in [1.165, 1.54) is 0 Å². The summed E-state index contributed by atoms with van der Waals surface area (Å²) in [5.74, 6) is -0.0767. The first kappa shape index (κ1) is 12.6. The van der Waals surface area contributed by atoms with Crippen molar-refractivity contribution < 1.29 is 4.79 Å². The van der Waals surface area contributed by atoms with Crippen molar-refractivity contribution in [1.82, 2.24) is 9.88 Å². The number of carbonyl (C=O) groups excluding carboxylic acids is 1. The largest absolute Gasteiger partial charge is 0.344 e.